The molecule has 0 aliphatic carbocycles. The molecular formula is C9H6Cl5NO. The molecule has 88 valence electrons. The number of nitrogens with one attached hydrogen (secondary N) is 1. The van der Waals surface area contributed by atoms with Crippen molar-refractivity contribution in [2.24, 2.45) is 0 Å². The zero-order chi connectivity index (χ0) is 12.3. The summed E-state index contributed by atoms with van der Waals surface area (Å²) < 4.78 is -1.78. The van der Waals surface area contributed by atoms with Crippen molar-refractivity contribution in [3.63, 3.8) is 0 Å². The van der Waals surface area contributed by atoms with Gasteiger partial charge in [-0.25, -0.2) is 0 Å². The minimum absolute atomic E-state index is 0.268. The van der Waals surface area contributed by atoms with Gasteiger partial charge in [0, 0.05) is 0 Å². The van der Waals surface area contributed by atoms with E-state index in [1.165, 1.54) is 0 Å². The first-order valence-corrected chi connectivity index (χ1v) is 6.03. The molecule has 0 radical (unpaired) electrons. The van der Waals surface area contributed by atoms with Crippen LogP contribution < -0.4 is 5.32 Å². The van der Waals surface area contributed by atoms with E-state index >= 15 is 0 Å². The van der Waals surface area contributed by atoms with Crippen molar-refractivity contribution in [2.75, 3.05) is 0 Å². The quantitative estimate of drug-likeness (QED) is 0.647. The number of carbonyl (C=O) groups is 1. The SMILES string of the molecule is O=C(NC(Cl)C(Cl)(Cl)Cl)c1ccccc1Cl. The van der Waals surface area contributed by atoms with Crippen molar-refractivity contribution in [1.82, 2.24) is 5.32 Å². The molecule has 0 saturated carbocycles. The third-order valence-corrected chi connectivity index (χ3v) is 3.42. The van der Waals surface area contributed by atoms with Crippen LogP contribution in [-0.2, 0) is 0 Å². The van der Waals surface area contributed by atoms with E-state index in [4.69, 9.17) is 58.0 Å². The standard InChI is InChI=1S/C9H6Cl5NO/c10-6-4-2-1-3-5(6)7(16)15-8(11)9(12,13)14/h1-4,8H,(H,15,16). The summed E-state index contributed by atoms with van der Waals surface area (Å²) in [6.07, 6.45) is 0. The molecule has 1 rings (SSSR count). The van der Waals surface area contributed by atoms with Gasteiger partial charge in [-0.2, -0.15) is 0 Å². The summed E-state index contributed by atoms with van der Waals surface area (Å²) in [5, 5.41) is 2.62. The van der Waals surface area contributed by atoms with E-state index in [1.807, 2.05) is 0 Å². The molecule has 2 nitrogen and oxygen atoms in total. The van der Waals surface area contributed by atoms with E-state index in [9.17, 15) is 4.79 Å². The highest BCUT2D eigenvalue weighted by Gasteiger charge is 2.32. The van der Waals surface area contributed by atoms with Crippen molar-refractivity contribution in [3.8, 4) is 0 Å². The van der Waals surface area contributed by atoms with Crippen LogP contribution in [0.3, 0.4) is 0 Å². The molecule has 0 bridgehead atoms. The second kappa shape index (κ2) is 5.65. The lowest BCUT2D eigenvalue weighted by Gasteiger charge is -2.19. The molecule has 1 aromatic carbocycles. The van der Waals surface area contributed by atoms with Crippen LogP contribution in [-0.4, -0.2) is 15.2 Å². The summed E-state index contributed by atoms with van der Waals surface area (Å²) in [6, 6.07) is 6.49. The van der Waals surface area contributed by atoms with Crippen molar-refractivity contribution in [1.29, 1.82) is 0 Å². The van der Waals surface area contributed by atoms with Crippen molar-refractivity contribution in [3.05, 3.63) is 34.9 Å². The molecule has 0 fully saturated rings. The maximum Gasteiger partial charge on any atom is 0.254 e. The zero-order valence-corrected chi connectivity index (χ0v) is 11.5. The van der Waals surface area contributed by atoms with Crippen LogP contribution in [0.1, 0.15) is 10.4 Å². The topological polar surface area (TPSA) is 29.1 Å². The molecule has 0 aliphatic heterocycles. The Bertz CT molecular complexity index is 390. The molecule has 0 aromatic heterocycles. The van der Waals surface area contributed by atoms with Crippen LogP contribution in [0.15, 0.2) is 24.3 Å². The van der Waals surface area contributed by atoms with Gasteiger partial charge < -0.3 is 5.32 Å². The normalized spacial score (nSPS) is 13.3. The molecule has 16 heavy (non-hydrogen) atoms. The number of benzene rings is 1. The van der Waals surface area contributed by atoms with Gasteiger partial charge in [-0.05, 0) is 12.1 Å². The van der Waals surface area contributed by atoms with Crippen LogP contribution in [0.25, 0.3) is 0 Å². The highest BCUT2D eigenvalue weighted by atomic mass is 35.6. The number of rotatable bonds is 2. The van der Waals surface area contributed by atoms with Gasteiger partial charge in [-0.1, -0.05) is 70.1 Å². The molecule has 1 unspecified atom stereocenters. The summed E-state index contributed by atoms with van der Waals surface area (Å²) in [4.78, 5) is 11.7. The summed E-state index contributed by atoms with van der Waals surface area (Å²) in [6.45, 7) is 0. The molecule has 7 heteroatoms. The van der Waals surface area contributed by atoms with E-state index in [-0.39, 0.29) is 5.56 Å². The van der Waals surface area contributed by atoms with E-state index < -0.39 is 15.2 Å². The molecule has 0 aliphatic rings. The first kappa shape index (κ1) is 14.2. The number of carbonyl (C=O) groups excluding carboxylic acids is 1. The molecular weight excluding hydrogens is 315 g/mol. The second-order valence-corrected chi connectivity index (χ2v) is 6.07. The number of hydrogen-bond donors (Lipinski definition) is 1. The van der Waals surface area contributed by atoms with Crippen LogP contribution in [0.5, 0.6) is 0 Å². The third kappa shape index (κ3) is 3.86. The molecule has 0 heterocycles. The fourth-order valence-electron chi connectivity index (χ4n) is 0.920. The van der Waals surface area contributed by atoms with Crippen LogP contribution in [0.2, 0.25) is 5.02 Å². The Morgan fingerprint density at radius 2 is 1.81 bits per heavy atom. The number of alkyl halides is 4. The zero-order valence-electron chi connectivity index (χ0n) is 7.68. The maximum absolute atomic E-state index is 11.7. The number of hydrogen-bond acceptors (Lipinski definition) is 1. The number of halogens is 5. The highest BCUT2D eigenvalue weighted by molar-refractivity contribution is 6.70. The van der Waals surface area contributed by atoms with Crippen molar-refractivity contribution in [2.45, 2.75) is 9.29 Å². The van der Waals surface area contributed by atoms with E-state index in [1.54, 1.807) is 24.3 Å². The summed E-state index contributed by atoms with van der Waals surface area (Å²) >= 11 is 28.0. The average Bonchev–Trinajstić information content (AvgIpc) is 2.16. The number of amides is 1. The van der Waals surface area contributed by atoms with E-state index in [0.717, 1.165) is 0 Å². The Labute approximate surface area is 118 Å². The minimum atomic E-state index is -1.78. The van der Waals surface area contributed by atoms with Crippen LogP contribution in [0, 0.1) is 0 Å². The molecule has 1 N–H and O–H groups in total. The molecule has 0 spiro atoms. The maximum atomic E-state index is 11.7. The van der Waals surface area contributed by atoms with Crippen LogP contribution >= 0.6 is 58.0 Å². The van der Waals surface area contributed by atoms with Gasteiger partial charge in [-0.15, -0.1) is 0 Å². The molecule has 1 atom stereocenters. The van der Waals surface area contributed by atoms with E-state index in [2.05, 4.69) is 5.32 Å². The van der Waals surface area contributed by atoms with Crippen molar-refractivity contribution < 1.29 is 4.79 Å². The van der Waals surface area contributed by atoms with Gasteiger partial charge in [0.05, 0.1) is 10.6 Å². The highest BCUT2D eigenvalue weighted by Crippen LogP contribution is 2.32. The van der Waals surface area contributed by atoms with Gasteiger partial charge in [0.25, 0.3) is 5.91 Å². The van der Waals surface area contributed by atoms with Crippen molar-refractivity contribution >= 4 is 63.9 Å². The average molecular weight is 321 g/mol. The van der Waals surface area contributed by atoms with Gasteiger partial charge in [-0.3, -0.25) is 4.79 Å². The summed E-state index contributed by atoms with van der Waals surface area (Å²) in [5.41, 5.74) is -0.870. The lowest BCUT2D eigenvalue weighted by molar-refractivity contribution is 0.0949. The van der Waals surface area contributed by atoms with Gasteiger partial charge in [0.15, 0.2) is 5.50 Å². The molecule has 0 saturated heterocycles. The first-order valence-electron chi connectivity index (χ1n) is 4.08. The molecule has 1 aromatic rings. The van der Waals surface area contributed by atoms with E-state index in [0.29, 0.717) is 5.02 Å². The fraction of sp³-hybridized carbons (Fsp3) is 0.222. The largest absolute Gasteiger partial charge is 0.332 e. The fourth-order valence-corrected chi connectivity index (χ4v) is 1.40. The van der Waals surface area contributed by atoms with Gasteiger partial charge in [0.2, 0.25) is 3.79 Å². The summed E-state index contributed by atoms with van der Waals surface area (Å²) in [7, 11) is 0. The lowest BCUT2D eigenvalue weighted by Crippen LogP contribution is -2.39. The third-order valence-electron chi connectivity index (χ3n) is 1.66. The second-order valence-electron chi connectivity index (χ2n) is 2.86. The molecule has 1 amide bonds. The Morgan fingerprint density at radius 3 is 2.31 bits per heavy atom. The Balaban J connectivity index is 2.78. The predicted molar refractivity (Wildman–Crippen MR) is 68.8 cm³/mol. The van der Waals surface area contributed by atoms with Crippen LogP contribution in [0.4, 0.5) is 0 Å². The Hall–Kier alpha value is 0.140. The lowest BCUT2D eigenvalue weighted by atomic mass is 10.2. The minimum Gasteiger partial charge on any atom is -0.332 e. The van der Waals surface area contributed by atoms with Gasteiger partial charge >= 0.3 is 0 Å². The first-order chi connectivity index (χ1) is 7.32. The summed E-state index contributed by atoms with van der Waals surface area (Å²) in [5.74, 6) is -0.503. The predicted octanol–water partition coefficient (Wildman–Crippen LogP) is 4.00. The monoisotopic (exact) mass is 319 g/mol. The Morgan fingerprint density at radius 1 is 1.25 bits per heavy atom. The smallest absolute Gasteiger partial charge is 0.254 e. The van der Waals surface area contributed by atoms with Gasteiger partial charge in [0.1, 0.15) is 0 Å². The Kier molecular flexibility index (Phi) is 5.02.